The summed E-state index contributed by atoms with van der Waals surface area (Å²) in [6.07, 6.45) is -3.20. The third-order valence-electron chi connectivity index (χ3n) is 3.22. The predicted molar refractivity (Wildman–Crippen MR) is 97.1 cm³/mol. The lowest BCUT2D eigenvalue weighted by Gasteiger charge is -2.12. The lowest BCUT2D eigenvalue weighted by molar-refractivity contribution is -0.142. The fourth-order valence-corrected chi connectivity index (χ4v) is 2.09. The Morgan fingerprint density at radius 2 is 1.76 bits per heavy atom. The number of aromatic nitrogens is 2. The van der Waals surface area contributed by atoms with E-state index in [4.69, 9.17) is 0 Å². The maximum Gasteiger partial charge on any atom is 0.435 e. The smallest absolute Gasteiger partial charge is 0.352 e. The third kappa shape index (κ3) is 6.18. The largest absolute Gasteiger partial charge is 0.435 e. The molecule has 0 saturated heterocycles. The van der Waals surface area contributed by atoms with Crippen LogP contribution in [-0.2, 0) is 26.3 Å². The van der Waals surface area contributed by atoms with Gasteiger partial charge in [-0.1, -0.05) is 12.1 Å². The highest BCUT2D eigenvalue weighted by atomic mass is 127. The average Bonchev–Trinajstić information content (AvgIpc) is 2.90. The van der Waals surface area contributed by atoms with Crippen LogP contribution in [0.15, 0.2) is 35.5 Å². The summed E-state index contributed by atoms with van der Waals surface area (Å²) in [6, 6.07) is 5.88. The minimum absolute atomic E-state index is 0. The van der Waals surface area contributed by atoms with Crippen molar-refractivity contribution in [2.75, 3.05) is 7.05 Å². The number of hydrogen-bond acceptors (Lipinski definition) is 2. The van der Waals surface area contributed by atoms with Gasteiger partial charge in [-0.15, -0.1) is 24.0 Å². The monoisotopic (exact) mass is 471 g/mol. The van der Waals surface area contributed by atoms with Gasteiger partial charge in [0.15, 0.2) is 11.7 Å². The fraction of sp³-hybridized carbons (Fsp3) is 0.333. The summed E-state index contributed by atoms with van der Waals surface area (Å²) in [5.41, 5.74) is -0.0853. The molecule has 0 aliphatic heterocycles. The second-order valence-corrected chi connectivity index (χ2v) is 5.08. The minimum atomic E-state index is -4.51. The Balaban J connectivity index is 0.00000312. The number of aliphatic imine (C=N–C) groups is 1. The predicted octanol–water partition coefficient (Wildman–Crippen LogP) is 3.06. The SMILES string of the molecule is CN=C(NCc1ccc(F)cc1)NCc1cn(C)nc1C(F)(F)F.I. The number of rotatable bonds is 4. The lowest BCUT2D eigenvalue weighted by atomic mass is 10.2. The molecule has 138 valence electrons. The van der Waals surface area contributed by atoms with Gasteiger partial charge in [0, 0.05) is 38.9 Å². The maximum atomic E-state index is 12.9. The summed E-state index contributed by atoms with van der Waals surface area (Å²) in [5, 5.41) is 9.20. The molecule has 1 aromatic heterocycles. The van der Waals surface area contributed by atoms with Crippen molar-refractivity contribution in [1.29, 1.82) is 0 Å². The van der Waals surface area contributed by atoms with E-state index in [1.54, 1.807) is 12.1 Å². The zero-order chi connectivity index (χ0) is 17.7. The van der Waals surface area contributed by atoms with Gasteiger partial charge in [-0.3, -0.25) is 9.67 Å². The molecule has 2 aromatic rings. The molecule has 0 bridgehead atoms. The highest BCUT2D eigenvalue weighted by Gasteiger charge is 2.36. The number of benzene rings is 1. The first-order chi connectivity index (χ1) is 11.3. The van der Waals surface area contributed by atoms with Gasteiger partial charge in [-0.2, -0.15) is 18.3 Å². The molecule has 1 aromatic carbocycles. The van der Waals surface area contributed by atoms with Crippen LogP contribution in [-0.4, -0.2) is 22.8 Å². The zero-order valence-corrected chi connectivity index (χ0v) is 15.9. The van der Waals surface area contributed by atoms with Gasteiger partial charge < -0.3 is 10.6 Å². The Hall–Kier alpha value is -1.85. The van der Waals surface area contributed by atoms with E-state index in [1.807, 2.05) is 0 Å². The van der Waals surface area contributed by atoms with E-state index < -0.39 is 11.9 Å². The topological polar surface area (TPSA) is 54.2 Å². The Bertz CT molecular complexity index is 710. The molecule has 2 N–H and O–H groups in total. The lowest BCUT2D eigenvalue weighted by Crippen LogP contribution is -2.36. The van der Waals surface area contributed by atoms with E-state index in [-0.39, 0.29) is 41.9 Å². The van der Waals surface area contributed by atoms with Crippen LogP contribution in [0.3, 0.4) is 0 Å². The summed E-state index contributed by atoms with van der Waals surface area (Å²) < 4.78 is 52.6. The molecule has 1 heterocycles. The van der Waals surface area contributed by atoms with E-state index in [2.05, 4.69) is 20.7 Å². The minimum Gasteiger partial charge on any atom is -0.352 e. The molecule has 0 fully saturated rings. The Morgan fingerprint density at radius 3 is 2.32 bits per heavy atom. The molecule has 10 heteroatoms. The first-order valence-electron chi connectivity index (χ1n) is 7.08. The molecule has 25 heavy (non-hydrogen) atoms. The summed E-state index contributed by atoms with van der Waals surface area (Å²) in [6.45, 7) is 0.283. The molecule has 2 rings (SSSR count). The van der Waals surface area contributed by atoms with Crippen molar-refractivity contribution >= 4 is 29.9 Å². The van der Waals surface area contributed by atoms with Crippen LogP contribution in [0, 0.1) is 5.82 Å². The second kappa shape index (κ2) is 9.02. The molecule has 0 saturated carbocycles. The number of aryl methyl sites for hydroxylation is 1. The summed E-state index contributed by atoms with van der Waals surface area (Å²) in [4.78, 5) is 3.95. The molecular weight excluding hydrogens is 453 g/mol. The number of alkyl halides is 3. The van der Waals surface area contributed by atoms with Gasteiger partial charge in [0.05, 0.1) is 0 Å². The quantitative estimate of drug-likeness (QED) is 0.312. The normalized spacial score (nSPS) is 11.8. The van der Waals surface area contributed by atoms with E-state index in [0.717, 1.165) is 10.2 Å². The van der Waals surface area contributed by atoms with Crippen LogP contribution >= 0.6 is 24.0 Å². The van der Waals surface area contributed by atoms with Gasteiger partial charge in [0.1, 0.15) is 5.82 Å². The Kier molecular flexibility index (Phi) is 7.64. The molecule has 0 amide bonds. The van der Waals surface area contributed by atoms with Crippen molar-refractivity contribution in [3.05, 3.63) is 53.1 Å². The van der Waals surface area contributed by atoms with Crippen molar-refractivity contribution in [1.82, 2.24) is 20.4 Å². The maximum absolute atomic E-state index is 12.9. The van der Waals surface area contributed by atoms with Gasteiger partial charge in [-0.05, 0) is 17.7 Å². The summed E-state index contributed by atoms with van der Waals surface area (Å²) in [7, 11) is 2.94. The first-order valence-corrected chi connectivity index (χ1v) is 7.08. The fourth-order valence-electron chi connectivity index (χ4n) is 2.09. The van der Waals surface area contributed by atoms with Gasteiger partial charge in [-0.25, -0.2) is 4.39 Å². The average molecular weight is 471 g/mol. The molecule has 0 aliphatic rings. The molecule has 0 radical (unpaired) electrons. The van der Waals surface area contributed by atoms with Crippen LogP contribution in [0.5, 0.6) is 0 Å². The molecule has 0 atom stereocenters. The van der Waals surface area contributed by atoms with E-state index in [9.17, 15) is 17.6 Å². The Morgan fingerprint density at radius 1 is 1.16 bits per heavy atom. The zero-order valence-electron chi connectivity index (χ0n) is 13.6. The van der Waals surface area contributed by atoms with Crippen LogP contribution in [0.1, 0.15) is 16.8 Å². The first kappa shape index (κ1) is 21.2. The number of guanidine groups is 1. The molecular formula is C15H18F4IN5. The molecule has 0 aliphatic carbocycles. The van der Waals surface area contributed by atoms with Gasteiger partial charge in [0.25, 0.3) is 0 Å². The molecule has 5 nitrogen and oxygen atoms in total. The highest BCUT2D eigenvalue weighted by molar-refractivity contribution is 14.0. The third-order valence-corrected chi connectivity index (χ3v) is 3.22. The van der Waals surface area contributed by atoms with Crippen LogP contribution < -0.4 is 10.6 Å². The van der Waals surface area contributed by atoms with E-state index in [1.165, 1.54) is 32.4 Å². The van der Waals surface area contributed by atoms with Gasteiger partial charge >= 0.3 is 6.18 Å². The van der Waals surface area contributed by atoms with Crippen LogP contribution in [0.2, 0.25) is 0 Å². The van der Waals surface area contributed by atoms with E-state index >= 15 is 0 Å². The van der Waals surface area contributed by atoms with Crippen molar-refractivity contribution in [2.45, 2.75) is 19.3 Å². The summed E-state index contributed by atoms with van der Waals surface area (Å²) >= 11 is 0. The van der Waals surface area contributed by atoms with Crippen molar-refractivity contribution in [3.8, 4) is 0 Å². The van der Waals surface area contributed by atoms with Gasteiger partial charge in [0.2, 0.25) is 0 Å². The van der Waals surface area contributed by atoms with Crippen LogP contribution in [0.25, 0.3) is 0 Å². The number of nitrogens with zero attached hydrogens (tertiary/aromatic N) is 3. The number of hydrogen-bond donors (Lipinski definition) is 2. The molecule has 0 unspecified atom stereocenters. The summed E-state index contributed by atoms with van der Waals surface area (Å²) in [5.74, 6) is -0.00572. The highest BCUT2D eigenvalue weighted by Crippen LogP contribution is 2.30. The molecule has 0 spiro atoms. The van der Waals surface area contributed by atoms with Crippen molar-refractivity contribution in [3.63, 3.8) is 0 Å². The second-order valence-electron chi connectivity index (χ2n) is 5.08. The number of halogens is 5. The van der Waals surface area contributed by atoms with Crippen molar-refractivity contribution < 1.29 is 17.6 Å². The Labute approximate surface area is 159 Å². The standard InChI is InChI=1S/C15H17F4N5.HI/c1-20-14(21-7-10-3-5-12(16)6-4-10)22-8-11-9-24(2)23-13(11)15(17,18)19;/h3-6,9H,7-8H2,1-2H3,(H2,20,21,22);1H. The van der Waals surface area contributed by atoms with Crippen LogP contribution in [0.4, 0.5) is 17.6 Å². The van der Waals surface area contributed by atoms with E-state index in [0.29, 0.717) is 12.5 Å². The van der Waals surface area contributed by atoms with Crippen molar-refractivity contribution in [2.24, 2.45) is 12.0 Å². The number of nitrogens with one attached hydrogen (secondary N) is 2.